The summed E-state index contributed by atoms with van der Waals surface area (Å²) in [7, 11) is 0. The summed E-state index contributed by atoms with van der Waals surface area (Å²) in [5, 5.41) is 3.27. The fraction of sp³-hybridized carbons (Fsp3) is 0.130. The van der Waals surface area contributed by atoms with Gasteiger partial charge in [-0.3, -0.25) is 0 Å². The summed E-state index contributed by atoms with van der Waals surface area (Å²) in [6.45, 7) is 0. The number of nitrogens with one attached hydrogen (secondary N) is 1. The largest absolute Gasteiger partial charge is 0.424 e. The molecule has 2 aromatic carbocycles. The van der Waals surface area contributed by atoms with E-state index in [2.05, 4.69) is 10.3 Å². The van der Waals surface area contributed by atoms with Crippen molar-refractivity contribution in [2.75, 3.05) is 5.32 Å². The van der Waals surface area contributed by atoms with Crippen LogP contribution in [0, 0.1) is 0 Å². The zero-order valence-electron chi connectivity index (χ0n) is 15.2. The molecule has 138 valence electrons. The van der Waals surface area contributed by atoms with Crippen molar-refractivity contribution in [3.05, 3.63) is 84.9 Å². The second-order valence-electron chi connectivity index (χ2n) is 6.80. The molecular formula is C23H19N3O2. The van der Waals surface area contributed by atoms with Gasteiger partial charge in [0.25, 0.3) is 0 Å². The highest BCUT2D eigenvalue weighted by molar-refractivity contribution is 5.64. The van der Waals surface area contributed by atoms with Crippen molar-refractivity contribution in [1.29, 1.82) is 0 Å². The predicted octanol–water partition coefficient (Wildman–Crippen LogP) is 6.15. The van der Waals surface area contributed by atoms with E-state index in [1.807, 2.05) is 72.8 Å². The van der Waals surface area contributed by atoms with Gasteiger partial charge in [-0.05, 0) is 31.0 Å². The number of para-hydroxylation sites is 1. The number of hydrogen-bond acceptors (Lipinski definition) is 5. The van der Waals surface area contributed by atoms with Crippen LogP contribution in [0.4, 0.5) is 11.5 Å². The molecule has 0 bridgehead atoms. The van der Waals surface area contributed by atoms with E-state index >= 15 is 0 Å². The lowest BCUT2D eigenvalue weighted by Gasteiger charge is -2.08. The number of ether oxygens (including phenoxy) is 1. The monoisotopic (exact) mass is 369 g/mol. The first-order valence-corrected chi connectivity index (χ1v) is 9.37. The number of nitrogens with zero attached hydrogens (tertiary/aromatic N) is 2. The van der Waals surface area contributed by atoms with E-state index in [4.69, 9.17) is 14.1 Å². The highest BCUT2D eigenvalue weighted by Gasteiger charge is 2.31. The smallest absolute Gasteiger partial charge is 0.319 e. The molecule has 28 heavy (non-hydrogen) atoms. The zero-order chi connectivity index (χ0) is 18.8. The summed E-state index contributed by atoms with van der Waals surface area (Å²) in [4.78, 5) is 9.07. The van der Waals surface area contributed by atoms with Crippen LogP contribution in [0.3, 0.4) is 0 Å². The van der Waals surface area contributed by atoms with E-state index in [1.165, 1.54) is 0 Å². The van der Waals surface area contributed by atoms with Crippen molar-refractivity contribution >= 4 is 11.5 Å². The first-order valence-electron chi connectivity index (χ1n) is 9.37. The Labute approximate surface area is 163 Å². The van der Waals surface area contributed by atoms with Gasteiger partial charge >= 0.3 is 5.95 Å². The van der Waals surface area contributed by atoms with Crippen LogP contribution in [-0.4, -0.2) is 9.97 Å². The number of hydrogen-bond donors (Lipinski definition) is 1. The highest BCUT2D eigenvalue weighted by Crippen LogP contribution is 2.44. The highest BCUT2D eigenvalue weighted by atomic mass is 16.6. The molecule has 5 rings (SSSR count). The maximum atomic E-state index is 6.09. The predicted molar refractivity (Wildman–Crippen MR) is 108 cm³/mol. The van der Waals surface area contributed by atoms with E-state index in [-0.39, 0.29) is 0 Å². The van der Waals surface area contributed by atoms with Gasteiger partial charge in [0, 0.05) is 29.4 Å². The maximum Gasteiger partial charge on any atom is 0.319 e. The molecule has 0 saturated heterocycles. The van der Waals surface area contributed by atoms with E-state index in [0.717, 1.165) is 35.7 Å². The Hall–Kier alpha value is -3.60. The van der Waals surface area contributed by atoms with Crippen molar-refractivity contribution in [1.82, 2.24) is 9.97 Å². The Morgan fingerprint density at radius 2 is 1.68 bits per heavy atom. The molecule has 1 N–H and O–H groups in total. The number of oxazole rings is 1. The molecule has 0 atom stereocenters. The van der Waals surface area contributed by atoms with Crippen LogP contribution in [0.1, 0.15) is 24.7 Å². The third kappa shape index (κ3) is 3.60. The molecule has 0 spiro atoms. The minimum absolute atomic E-state index is 0.410. The molecule has 2 aromatic heterocycles. The molecule has 2 heterocycles. The fourth-order valence-corrected chi connectivity index (χ4v) is 2.99. The normalized spacial score (nSPS) is 13.3. The van der Waals surface area contributed by atoms with Crippen molar-refractivity contribution < 1.29 is 9.15 Å². The molecule has 1 fully saturated rings. The Kier molecular flexibility index (Phi) is 4.26. The number of anilines is 2. The average Bonchev–Trinajstić information content (AvgIpc) is 3.51. The fourth-order valence-electron chi connectivity index (χ4n) is 2.99. The lowest BCUT2D eigenvalue weighted by molar-refractivity contribution is 0.331. The molecule has 0 aliphatic heterocycles. The quantitative estimate of drug-likeness (QED) is 0.442. The van der Waals surface area contributed by atoms with Crippen molar-refractivity contribution in [2.45, 2.75) is 18.8 Å². The molecule has 5 nitrogen and oxygen atoms in total. The Balaban J connectivity index is 1.44. The van der Waals surface area contributed by atoms with E-state index < -0.39 is 0 Å². The summed E-state index contributed by atoms with van der Waals surface area (Å²) < 4.78 is 12.1. The van der Waals surface area contributed by atoms with Crippen molar-refractivity contribution in [2.24, 2.45) is 0 Å². The summed E-state index contributed by atoms with van der Waals surface area (Å²) in [6.07, 6.45) is 3.95. The molecule has 4 aromatic rings. The zero-order valence-corrected chi connectivity index (χ0v) is 15.2. The standard InChI is InChI=1S/C23H19N3O2/c1-3-7-16(8-4-1)21-23(28-22(26-21)17-11-12-17)27-19-13-14-24-20(15-19)25-18-9-5-2-6-10-18/h1-10,13-15,17H,11-12H2,(H,24,25). The summed E-state index contributed by atoms with van der Waals surface area (Å²) >= 11 is 0. The number of rotatable bonds is 6. The molecule has 5 heteroatoms. The molecule has 0 unspecified atom stereocenters. The van der Waals surface area contributed by atoms with Gasteiger partial charge < -0.3 is 14.5 Å². The van der Waals surface area contributed by atoms with Gasteiger partial charge in [0.1, 0.15) is 11.6 Å². The van der Waals surface area contributed by atoms with Gasteiger partial charge in [-0.1, -0.05) is 48.5 Å². The van der Waals surface area contributed by atoms with Gasteiger partial charge in [-0.25, -0.2) is 9.97 Å². The van der Waals surface area contributed by atoms with Gasteiger partial charge in [0.15, 0.2) is 5.69 Å². The number of aromatic nitrogens is 2. The number of pyridine rings is 1. The maximum absolute atomic E-state index is 6.09. The first-order chi connectivity index (χ1) is 13.8. The summed E-state index contributed by atoms with van der Waals surface area (Å²) in [5.41, 5.74) is 2.68. The molecule has 0 amide bonds. The average molecular weight is 369 g/mol. The lowest BCUT2D eigenvalue weighted by atomic mass is 10.2. The summed E-state index contributed by atoms with van der Waals surface area (Å²) in [5.74, 6) is 2.93. The minimum Gasteiger partial charge on any atom is -0.424 e. The van der Waals surface area contributed by atoms with Crippen LogP contribution in [0.2, 0.25) is 0 Å². The molecule has 0 radical (unpaired) electrons. The van der Waals surface area contributed by atoms with Crippen LogP contribution in [-0.2, 0) is 0 Å². The second kappa shape index (κ2) is 7.19. The minimum atomic E-state index is 0.410. The van der Waals surface area contributed by atoms with Crippen molar-refractivity contribution in [3.8, 4) is 23.0 Å². The van der Waals surface area contributed by atoms with Crippen LogP contribution in [0.25, 0.3) is 11.3 Å². The van der Waals surface area contributed by atoms with Gasteiger partial charge in [0.05, 0.1) is 0 Å². The van der Waals surface area contributed by atoms with Gasteiger partial charge in [0.2, 0.25) is 5.89 Å². The SMILES string of the molecule is c1ccc(Nc2cc(Oc3oc(C4CC4)nc3-c3ccccc3)ccn2)cc1. The van der Waals surface area contributed by atoms with Gasteiger partial charge in [-0.15, -0.1) is 0 Å². The lowest BCUT2D eigenvalue weighted by Crippen LogP contribution is -1.94. The molecule has 1 aliphatic carbocycles. The topological polar surface area (TPSA) is 60.2 Å². The van der Waals surface area contributed by atoms with E-state index in [1.54, 1.807) is 6.20 Å². The molecular weight excluding hydrogens is 350 g/mol. The van der Waals surface area contributed by atoms with E-state index in [0.29, 0.717) is 23.4 Å². The van der Waals surface area contributed by atoms with E-state index in [9.17, 15) is 0 Å². The van der Waals surface area contributed by atoms with Crippen LogP contribution in [0.5, 0.6) is 11.7 Å². The molecule has 1 saturated carbocycles. The first kappa shape index (κ1) is 16.6. The second-order valence-corrected chi connectivity index (χ2v) is 6.80. The van der Waals surface area contributed by atoms with Crippen LogP contribution < -0.4 is 10.1 Å². The number of benzene rings is 2. The van der Waals surface area contributed by atoms with Crippen molar-refractivity contribution in [3.63, 3.8) is 0 Å². The Morgan fingerprint density at radius 1 is 0.929 bits per heavy atom. The third-order valence-corrected chi connectivity index (χ3v) is 4.57. The van der Waals surface area contributed by atoms with Gasteiger partial charge in [-0.2, -0.15) is 0 Å². The van der Waals surface area contributed by atoms with Crippen LogP contribution in [0.15, 0.2) is 83.4 Å². The van der Waals surface area contributed by atoms with Crippen LogP contribution >= 0.6 is 0 Å². The molecule has 1 aliphatic rings. The Morgan fingerprint density at radius 3 is 2.43 bits per heavy atom. The summed E-state index contributed by atoms with van der Waals surface area (Å²) in [6, 6.07) is 23.5. The Bertz CT molecular complexity index is 1070. The third-order valence-electron chi connectivity index (χ3n) is 4.57.